The Hall–Kier alpha value is -1.09. The Morgan fingerprint density at radius 2 is 2.00 bits per heavy atom. The summed E-state index contributed by atoms with van der Waals surface area (Å²) in [4.78, 5) is 14.3. The Kier molecular flexibility index (Phi) is 4.94. The van der Waals surface area contributed by atoms with Crippen LogP contribution in [0.4, 0.5) is 0 Å². The largest absolute Gasteiger partial charge is 0.357 e. The third kappa shape index (κ3) is 4.35. The molecule has 96 valence electrons. The minimum Gasteiger partial charge on any atom is -0.357 e. The van der Waals surface area contributed by atoms with Crippen molar-refractivity contribution in [1.82, 2.24) is 9.47 Å². The molecule has 0 saturated carbocycles. The van der Waals surface area contributed by atoms with Crippen molar-refractivity contribution in [3.8, 4) is 0 Å². The van der Waals surface area contributed by atoms with E-state index in [1.165, 1.54) is 0 Å². The topological polar surface area (TPSA) is 25.2 Å². The summed E-state index contributed by atoms with van der Waals surface area (Å²) >= 11 is 0. The highest BCUT2D eigenvalue weighted by Gasteiger charge is 2.16. The van der Waals surface area contributed by atoms with Crippen LogP contribution in [0.15, 0.2) is 18.5 Å². The fourth-order valence-electron chi connectivity index (χ4n) is 1.87. The van der Waals surface area contributed by atoms with Crippen molar-refractivity contribution in [2.24, 2.45) is 13.0 Å². The van der Waals surface area contributed by atoms with E-state index in [2.05, 4.69) is 32.6 Å². The molecule has 0 aliphatic carbocycles. The molecule has 1 aromatic heterocycles. The Balaban J connectivity index is 2.64. The summed E-state index contributed by atoms with van der Waals surface area (Å²) < 4.78 is 1.91. The van der Waals surface area contributed by atoms with Crippen molar-refractivity contribution in [2.75, 3.05) is 13.1 Å². The molecule has 0 spiro atoms. The maximum atomic E-state index is 12.1. The summed E-state index contributed by atoms with van der Waals surface area (Å²) in [5, 5.41) is 0. The number of hydrogen-bond acceptors (Lipinski definition) is 2. The highest BCUT2D eigenvalue weighted by molar-refractivity contribution is 5.97. The molecule has 0 amide bonds. The first-order valence-electron chi connectivity index (χ1n) is 6.29. The second kappa shape index (κ2) is 6.01. The highest BCUT2D eigenvalue weighted by atomic mass is 16.1. The molecule has 0 radical (unpaired) electrons. The van der Waals surface area contributed by atoms with Crippen LogP contribution in [0.3, 0.4) is 0 Å². The Labute approximate surface area is 104 Å². The molecule has 0 aromatic carbocycles. The molecule has 0 N–H and O–H groups in total. The molecule has 0 aliphatic heterocycles. The van der Waals surface area contributed by atoms with Gasteiger partial charge in [0.05, 0.1) is 6.54 Å². The third-order valence-corrected chi connectivity index (χ3v) is 2.83. The number of ketones is 1. The minimum atomic E-state index is 0.208. The monoisotopic (exact) mass is 236 g/mol. The van der Waals surface area contributed by atoms with Crippen LogP contribution < -0.4 is 0 Å². The number of nitrogens with zero attached hydrogens (tertiary/aromatic N) is 2. The van der Waals surface area contributed by atoms with Crippen molar-refractivity contribution < 1.29 is 4.79 Å². The fraction of sp³-hybridized carbons (Fsp3) is 0.643. The molecular weight excluding hydrogens is 212 g/mol. The van der Waals surface area contributed by atoms with Gasteiger partial charge in [0.1, 0.15) is 0 Å². The lowest BCUT2D eigenvalue weighted by molar-refractivity contribution is 0.0893. The maximum Gasteiger partial charge on any atom is 0.178 e. The van der Waals surface area contributed by atoms with E-state index in [4.69, 9.17) is 0 Å². The third-order valence-electron chi connectivity index (χ3n) is 2.83. The normalized spacial score (nSPS) is 11.8. The van der Waals surface area contributed by atoms with Crippen LogP contribution in [-0.4, -0.2) is 34.4 Å². The van der Waals surface area contributed by atoms with Gasteiger partial charge in [-0.3, -0.25) is 9.69 Å². The van der Waals surface area contributed by atoms with Gasteiger partial charge < -0.3 is 4.57 Å². The van der Waals surface area contributed by atoms with Crippen LogP contribution >= 0.6 is 0 Å². The summed E-state index contributed by atoms with van der Waals surface area (Å²) in [6.07, 6.45) is 3.80. The first kappa shape index (κ1) is 14.0. The number of Topliss-reactive ketones (excluding diaryl/α,β-unsaturated/α-hetero) is 1. The van der Waals surface area contributed by atoms with Crippen molar-refractivity contribution >= 4 is 5.78 Å². The molecule has 17 heavy (non-hydrogen) atoms. The van der Waals surface area contributed by atoms with Crippen LogP contribution in [0.2, 0.25) is 0 Å². The van der Waals surface area contributed by atoms with E-state index in [9.17, 15) is 4.79 Å². The highest BCUT2D eigenvalue weighted by Crippen LogP contribution is 2.08. The van der Waals surface area contributed by atoms with E-state index in [-0.39, 0.29) is 5.78 Å². The van der Waals surface area contributed by atoms with Crippen LogP contribution in [0.1, 0.15) is 38.1 Å². The number of rotatable bonds is 6. The fourth-order valence-corrected chi connectivity index (χ4v) is 1.87. The zero-order valence-electron chi connectivity index (χ0n) is 11.6. The smallest absolute Gasteiger partial charge is 0.178 e. The Bertz CT molecular complexity index is 366. The van der Waals surface area contributed by atoms with E-state index in [0.717, 1.165) is 12.1 Å². The van der Waals surface area contributed by atoms with Crippen LogP contribution in [0.25, 0.3) is 0 Å². The van der Waals surface area contributed by atoms with Crippen LogP contribution in [0.5, 0.6) is 0 Å². The van der Waals surface area contributed by atoms with Gasteiger partial charge in [-0.15, -0.1) is 0 Å². The molecule has 0 saturated heterocycles. The van der Waals surface area contributed by atoms with Crippen molar-refractivity contribution in [3.05, 3.63) is 24.0 Å². The summed E-state index contributed by atoms with van der Waals surface area (Å²) in [6, 6.07) is 2.29. The second-order valence-electron chi connectivity index (χ2n) is 5.41. The lowest BCUT2D eigenvalue weighted by Gasteiger charge is -2.27. The zero-order valence-corrected chi connectivity index (χ0v) is 11.6. The molecule has 0 atom stereocenters. The minimum absolute atomic E-state index is 0.208. The van der Waals surface area contributed by atoms with Gasteiger partial charge in [0.15, 0.2) is 5.78 Å². The van der Waals surface area contributed by atoms with Gasteiger partial charge in [0, 0.05) is 37.6 Å². The van der Waals surface area contributed by atoms with Gasteiger partial charge in [0.25, 0.3) is 0 Å². The predicted molar refractivity (Wildman–Crippen MR) is 71.3 cm³/mol. The summed E-state index contributed by atoms with van der Waals surface area (Å²) in [6.45, 7) is 10.1. The molecule has 3 nitrogen and oxygen atoms in total. The van der Waals surface area contributed by atoms with Gasteiger partial charge in [-0.25, -0.2) is 0 Å². The predicted octanol–water partition coefficient (Wildman–Crippen LogP) is 2.57. The lowest BCUT2D eigenvalue weighted by Crippen LogP contribution is -2.38. The molecule has 0 fully saturated rings. The molecule has 1 aromatic rings. The van der Waals surface area contributed by atoms with Gasteiger partial charge in [-0.1, -0.05) is 13.8 Å². The number of aromatic nitrogens is 1. The number of aryl methyl sites for hydroxylation is 1. The standard InChI is InChI=1S/C14H24N2O/c1-11(2)8-16(12(3)4)10-14(17)13-6-7-15(5)9-13/h6-7,9,11-12H,8,10H2,1-5H3. The molecular formula is C14H24N2O. The molecule has 0 bridgehead atoms. The average Bonchev–Trinajstić information content (AvgIpc) is 2.63. The van der Waals surface area contributed by atoms with Gasteiger partial charge in [0.2, 0.25) is 0 Å². The molecule has 0 aliphatic rings. The van der Waals surface area contributed by atoms with E-state index in [1.54, 1.807) is 0 Å². The first-order chi connectivity index (χ1) is 7.90. The average molecular weight is 236 g/mol. The SMILES string of the molecule is CC(C)CN(CC(=O)c1ccn(C)c1)C(C)C. The van der Waals surface area contributed by atoms with Gasteiger partial charge in [-0.05, 0) is 25.8 Å². The summed E-state index contributed by atoms with van der Waals surface area (Å²) in [7, 11) is 1.94. The number of hydrogen-bond donors (Lipinski definition) is 0. The zero-order chi connectivity index (χ0) is 13.0. The second-order valence-corrected chi connectivity index (χ2v) is 5.41. The molecule has 1 rings (SSSR count). The van der Waals surface area contributed by atoms with E-state index >= 15 is 0 Å². The van der Waals surface area contributed by atoms with E-state index < -0.39 is 0 Å². The molecule has 3 heteroatoms. The quantitative estimate of drug-likeness (QED) is 0.709. The summed E-state index contributed by atoms with van der Waals surface area (Å²) in [5.41, 5.74) is 0.807. The Morgan fingerprint density at radius 1 is 1.35 bits per heavy atom. The molecule has 0 unspecified atom stereocenters. The molecule has 1 heterocycles. The Morgan fingerprint density at radius 3 is 2.41 bits per heavy atom. The number of carbonyl (C=O) groups is 1. The maximum absolute atomic E-state index is 12.1. The number of carbonyl (C=O) groups excluding carboxylic acids is 1. The first-order valence-corrected chi connectivity index (χ1v) is 6.29. The van der Waals surface area contributed by atoms with Crippen molar-refractivity contribution in [3.63, 3.8) is 0 Å². The van der Waals surface area contributed by atoms with Crippen molar-refractivity contribution in [2.45, 2.75) is 33.7 Å². The van der Waals surface area contributed by atoms with Gasteiger partial charge in [-0.2, -0.15) is 0 Å². The van der Waals surface area contributed by atoms with E-state index in [1.807, 2.05) is 30.1 Å². The van der Waals surface area contributed by atoms with Crippen LogP contribution in [-0.2, 0) is 7.05 Å². The van der Waals surface area contributed by atoms with E-state index in [0.29, 0.717) is 18.5 Å². The van der Waals surface area contributed by atoms with Gasteiger partial charge >= 0.3 is 0 Å². The summed E-state index contributed by atoms with van der Waals surface area (Å²) in [5.74, 6) is 0.793. The van der Waals surface area contributed by atoms with Crippen LogP contribution in [0, 0.1) is 5.92 Å². The lowest BCUT2D eigenvalue weighted by atomic mass is 10.1. The van der Waals surface area contributed by atoms with Crippen molar-refractivity contribution in [1.29, 1.82) is 0 Å².